The largest absolute Gasteiger partial charge is 0.497 e. The Morgan fingerprint density at radius 1 is 1.00 bits per heavy atom. The molecule has 2 aromatic heterocycles. The van der Waals surface area contributed by atoms with E-state index in [1.807, 2.05) is 59.2 Å². The lowest BCUT2D eigenvalue weighted by Gasteiger charge is -2.14. The smallest absolute Gasteiger partial charge is 0.234 e. The molecule has 0 fully saturated rings. The molecule has 8 nitrogen and oxygen atoms in total. The molecule has 0 atom stereocenters. The zero-order chi connectivity index (χ0) is 22.3. The van der Waals surface area contributed by atoms with Gasteiger partial charge >= 0.3 is 0 Å². The van der Waals surface area contributed by atoms with Crippen molar-refractivity contribution < 1.29 is 14.3 Å². The van der Waals surface area contributed by atoms with Crippen LogP contribution in [0.25, 0.3) is 17.1 Å². The van der Waals surface area contributed by atoms with Crippen LogP contribution in [0.5, 0.6) is 11.5 Å². The minimum atomic E-state index is -0.164. The van der Waals surface area contributed by atoms with E-state index in [1.165, 1.54) is 11.8 Å². The normalized spacial score (nSPS) is 10.6. The van der Waals surface area contributed by atoms with Gasteiger partial charge in [-0.05, 0) is 36.4 Å². The fraction of sp³-hybridized carbons (Fsp3) is 0.130. The molecule has 2 heterocycles. The number of amides is 1. The van der Waals surface area contributed by atoms with Crippen LogP contribution in [0.15, 0.2) is 78.2 Å². The number of carbonyl (C=O) groups is 1. The van der Waals surface area contributed by atoms with E-state index in [1.54, 1.807) is 32.7 Å². The van der Waals surface area contributed by atoms with Gasteiger partial charge in [-0.3, -0.25) is 14.3 Å². The summed E-state index contributed by atoms with van der Waals surface area (Å²) < 4.78 is 12.6. The molecule has 2 aromatic carbocycles. The molecule has 0 saturated heterocycles. The first-order chi connectivity index (χ1) is 15.7. The maximum Gasteiger partial charge on any atom is 0.234 e. The van der Waals surface area contributed by atoms with E-state index in [2.05, 4.69) is 20.5 Å². The fourth-order valence-corrected chi connectivity index (χ4v) is 3.86. The number of anilines is 1. The molecular formula is C23H21N5O3S. The number of nitrogens with zero attached hydrogens (tertiary/aromatic N) is 4. The predicted molar refractivity (Wildman–Crippen MR) is 123 cm³/mol. The van der Waals surface area contributed by atoms with Crippen LogP contribution in [-0.4, -0.2) is 45.6 Å². The van der Waals surface area contributed by atoms with Gasteiger partial charge in [0.1, 0.15) is 11.5 Å². The minimum Gasteiger partial charge on any atom is -0.497 e. The maximum absolute atomic E-state index is 12.6. The molecular weight excluding hydrogens is 426 g/mol. The van der Waals surface area contributed by atoms with Crippen LogP contribution in [0.3, 0.4) is 0 Å². The number of ether oxygens (including phenoxy) is 2. The summed E-state index contributed by atoms with van der Waals surface area (Å²) in [5, 5.41) is 12.2. The highest BCUT2D eigenvalue weighted by Crippen LogP contribution is 2.32. The van der Waals surface area contributed by atoms with Crippen LogP contribution >= 0.6 is 11.8 Å². The third-order valence-corrected chi connectivity index (χ3v) is 5.51. The first-order valence-electron chi connectivity index (χ1n) is 9.75. The van der Waals surface area contributed by atoms with Crippen molar-refractivity contribution in [1.29, 1.82) is 0 Å². The average molecular weight is 448 g/mol. The van der Waals surface area contributed by atoms with Crippen LogP contribution in [0.2, 0.25) is 0 Å². The van der Waals surface area contributed by atoms with Crippen molar-refractivity contribution in [2.75, 3.05) is 25.3 Å². The third kappa shape index (κ3) is 4.73. The number of hydrogen-bond donors (Lipinski definition) is 1. The third-order valence-electron chi connectivity index (χ3n) is 4.58. The van der Waals surface area contributed by atoms with Crippen LogP contribution in [0, 0.1) is 0 Å². The van der Waals surface area contributed by atoms with Gasteiger partial charge in [0.05, 0.1) is 25.7 Å². The molecule has 4 rings (SSSR count). The second kappa shape index (κ2) is 9.97. The van der Waals surface area contributed by atoms with E-state index >= 15 is 0 Å². The van der Waals surface area contributed by atoms with Crippen molar-refractivity contribution in [3.05, 3.63) is 73.1 Å². The maximum atomic E-state index is 12.6. The molecule has 0 aliphatic heterocycles. The quantitative estimate of drug-likeness (QED) is 0.407. The van der Waals surface area contributed by atoms with Gasteiger partial charge in [0.2, 0.25) is 5.91 Å². The summed E-state index contributed by atoms with van der Waals surface area (Å²) in [5.41, 5.74) is 2.30. The molecule has 32 heavy (non-hydrogen) atoms. The number of methoxy groups -OCH3 is 2. The van der Waals surface area contributed by atoms with Gasteiger partial charge in [-0.1, -0.05) is 30.0 Å². The molecule has 0 spiro atoms. The average Bonchev–Trinajstić information content (AvgIpc) is 3.27. The summed E-state index contributed by atoms with van der Waals surface area (Å²) >= 11 is 1.29. The summed E-state index contributed by atoms with van der Waals surface area (Å²) in [6, 6.07) is 18.5. The van der Waals surface area contributed by atoms with E-state index in [0.717, 1.165) is 11.3 Å². The zero-order valence-corrected chi connectivity index (χ0v) is 18.4. The Morgan fingerprint density at radius 3 is 2.59 bits per heavy atom. The Labute approximate surface area is 189 Å². The lowest BCUT2D eigenvalue weighted by molar-refractivity contribution is -0.113. The Hall–Kier alpha value is -3.85. The SMILES string of the molecule is COc1cccc(NC(=O)CSc2nnc(-c3ccncc3)n2-c2ccccc2OC)c1. The van der Waals surface area contributed by atoms with Gasteiger partial charge in [0.25, 0.3) is 0 Å². The minimum absolute atomic E-state index is 0.154. The highest BCUT2D eigenvalue weighted by Gasteiger charge is 2.19. The van der Waals surface area contributed by atoms with Gasteiger partial charge < -0.3 is 14.8 Å². The molecule has 162 valence electrons. The van der Waals surface area contributed by atoms with Crippen molar-refractivity contribution in [2.24, 2.45) is 0 Å². The standard InChI is InChI=1S/C23H21N5O3S/c1-30-18-7-5-6-17(14-18)25-21(29)15-32-23-27-26-22(16-10-12-24-13-11-16)28(23)19-8-3-4-9-20(19)31-2/h3-14H,15H2,1-2H3,(H,25,29). The number of pyridine rings is 1. The Morgan fingerprint density at radius 2 is 1.81 bits per heavy atom. The van der Waals surface area contributed by atoms with Crippen LogP contribution in [0.4, 0.5) is 5.69 Å². The van der Waals surface area contributed by atoms with Gasteiger partial charge in [-0.25, -0.2) is 0 Å². The van der Waals surface area contributed by atoms with Crippen LogP contribution in [0.1, 0.15) is 0 Å². The molecule has 0 aliphatic rings. The summed E-state index contributed by atoms with van der Waals surface area (Å²) in [6.07, 6.45) is 3.40. The topological polar surface area (TPSA) is 91.2 Å². The van der Waals surface area contributed by atoms with Crippen LogP contribution < -0.4 is 14.8 Å². The van der Waals surface area contributed by atoms with Gasteiger partial charge in [0.15, 0.2) is 11.0 Å². The van der Waals surface area contributed by atoms with Gasteiger partial charge in [0, 0.05) is 29.7 Å². The van der Waals surface area contributed by atoms with Gasteiger partial charge in [-0.15, -0.1) is 10.2 Å². The Bertz CT molecular complexity index is 1210. The predicted octanol–water partition coefficient (Wildman–Crippen LogP) is 4.08. The lowest BCUT2D eigenvalue weighted by atomic mass is 10.2. The van der Waals surface area contributed by atoms with E-state index in [-0.39, 0.29) is 11.7 Å². The molecule has 1 N–H and O–H groups in total. The van der Waals surface area contributed by atoms with E-state index in [9.17, 15) is 4.79 Å². The highest BCUT2D eigenvalue weighted by molar-refractivity contribution is 7.99. The van der Waals surface area contributed by atoms with E-state index < -0.39 is 0 Å². The lowest BCUT2D eigenvalue weighted by Crippen LogP contribution is -2.14. The summed E-state index contributed by atoms with van der Waals surface area (Å²) in [5.74, 6) is 1.97. The Balaban J connectivity index is 1.61. The van der Waals surface area contributed by atoms with Crippen molar-refractivity contribution in [2.45, 2.75) is 5.16 Å². The van der Waals surface area contributed by atoms with Gasteiger partial charge in [-0.2, -0.15) is 0 Å². The van der Waals surface area contributed by atoms with E-state index in [4.69, 9.17) is 9.47 Å². The van der Waals surface area contributed by atoms with Crippen molar-refractivity contribution >= 4 is 23.4 Å². The summed E-state index contributed by atoms with van der Waals surface area (Å²) in [4.78, 5) is 16.6. The first-order valence-corrected chi connectivity index (χ1v) is 10.7. The van der Waals surface area contributed by atoms with E-state index in [0.29, 0.717) is 28.2 Å². The number of carbonyl (C=O) groups excluding carboxylic acids is 1. The fourth-order valence-electron chi connectivity index (χ4n) is 3.11. The second-order valence-electron chi connectivity index (χ2n) is 6.62. The molecule has 0 radical (unpaired) electrons. The second-order valence-corrected chi connectivity index (χ2v) is 7.56. The monoisotopic (exact) mass is 447 g/mol. The molecule has 0 saturated carbocycles. The molecule has 4 aromatic rings. The summed E-state index contributed by atoms with van der Waals surface area (Å²) in [6.45, 7) is 0. The van der Waals surface area contributed by atoms with Crippen molar-refractivity contribution in [1.82, 2.24) is 19.7 Å². The molecule has 9 heteroatoms. The number of nitrogens with one attached hydrogen (secondary N) is 1. The van der Waals surface area contributed by atoms with Crippen LogP contribution in [-0.2, 0) is 4.79 Å². The molecule has 0 aliphatic carbocycles. The molecule has 0 bridgehead atoms. The highest BCUT2D eigenvalue weighted by atomic mass is 32.2. The summed E-state index contributed by atoms with van der Waals surface area (Å²) in [7, 11) is 3.20. The number of para-hydroxylation sites is 2. The number of hydrogen-bond acceptors (Lipinski definition) is 7. The van der Waals surface area contributed by atoms with Crippen molar-refractivity contribution in [3.8, 4) is 28.6 Å². The number of rotatable bonds is 8. The molecule has 0 unspecified atom stereocenters. The first kappa shape index (κ1) is 21.4. The number of aromatic nitrogens is 4. The zero-order valence-electron chi connectivity index (χ0n) is 17.6. The van der Waals surface area contributed by atoms with Crippen molar-refractivity contribution in [3.63, 3.8) is 0 Å². The number of thioether (sulfide) groups is 1. The number of benzene rings is 2. The Kier molecular flexibility index (Phi) is 6.66. The molecule has 1 amide bonds.